The van der Waals surface area contributed by atoms with Gasteiger partial charge in [-0.25, -0.2) is 0 Å². The van der Waals surface area contributed by atoms with Gasteiger partial charge in [0.15, 0.2) is 0 Å². The van der Waals surface area contributed by atoms with E-state index in [1.54, 1.807) is 4.90 Å². The highest BCUT2D eigenvalue weighted by Gasteiger charge is 2.31. The van der Waals surface area contributed by atoms with Crippen molar-refractivity contribution in [2.24, 2.45) is 0 Å². The van der Waals surface area contributed by atoms with Crippen LogP contribution in [0.1, 0.15) is 5.56 Å². The first-order chi connectivity index (χ1) is 11.9. The van der Waals surface area contributed by atoms with Crippen LogP contribution in [-0.4, -0.2) is 70.1 Å². The molecule has 0 amide bonds. The second-order valence-corrected chi connectivity index (χ2v) is 5.04. The molecule has 0 fully saturated rings. The predicted molar refractivity (Wildman–Crippen MR) is 86.0 cm³/mol. The van der Waals surface area contributed by atoms with Crippen LogP contribution in [0, 0.1) is 0 Å². The topological polar surface area (TPSA) is 71.4 Å². The Labute approximate surface area is 144 Å². The molecule has 1 rings (SSSR count). The molecule has 0 spiro atoms. The van der Waals surface area contributed by atoms with E-state index in [4.69, 9.17) is 24.4 Å². The van der Waals surface area contributed by atoms with Crippen LogP contribution in [-0.2, 0) is 15.7 Å². The van der Waals surface area contributed by atoms with Gasteiger partial charge in [0.2, 0.25) is 0 Å². The van der Waals surface area contributed by atoms with Gasteiger partial charge in [0.25, 0.3) is 0 Å². The van der Waals surface area contributed by atoms with E-state index in [9.17, 15) is 13.2 Å². The van der Waals surface area contributed by atoms with Crippen LogP contribution in [0.25, 0.3) is 0 Å². The quantitative estimate of drug-likeness (QED) is 0.546. The maximum Gasteiger partial charge on any atom is 0.416 e. The van der Waals surface area contributed by atoms with Gasteiger partial charge in [0.1, 0.15) is 5.75 Å². The number of halogens is 3. The molecular formula is C16H24F3NO5. The van der Waals surface area contributed by atoms with Crippen molar-refractivity contribution in [3.05, 3.63) is 23.8 Å². The average molecular weight is 367 g/mol. The number of aliphatic hydroxyl groups excluding tert-OH is 2. The van der Waals surface area contributed by atoms with Gasteiger partial charge < -0.3 is 29.3 Å². The van der Waals surface area contributed by atoms with E-state index in [2.05, 4.69) is 0 Å². The summed E-state index contributed by atoms with van der Waals surface area (Å²) in [6.07, 6.45) is -4.46. The summed E-state index contributed by atoms with van der Waals surface area (Å²) in [6.45, 7) is 1.06. The highest BCUT2D eigenvalue weighted by Crippen LogP contribution is 2.36. The Morgan fingerprint density at radius 1 is 0.960 bits per heavy atom. The first-order valence-electron chi connectivity index (χ1n) is 7.81. The molecule has 9 heteroatoms. The van der Waals surface area contributed by atoms with E-state index in [0.717, 1.165) is 12.1 Å². The minimum atomic E-state index is -4.46. The minimum Gasteiger partial charge on any atom is -0.495 e. The van der Waals surface area contributed by atoms with Crippen molar-refractivity contribution in [3.63, 3.8) is 0 Å². The summed E-state index contributed by atoms with van der Waals surface area (Å²) in [5.74, 6) is 0.303. The van der Waals surface area contributed by atoms with Gasteiger partial charge in [0, 0.05) is 13.1 Å². The largest absolute Gasteiger partial charge is 0.495 e. The fourth-order valence-electron chi connectivity index (χ4n) is 2.15. The van der Waals surface area contributed by atoms with Gasteiger partial charge >= 0.3 is 6.18 Å². The molecule has 0 aromatic heterocycles. The third-order valence-corrected chi connectivity index (χ3v) is 3.33. The van der Waals surface area contributed by atoms with Crippen molar-refractivity contribution in [1.82, 2.24) is 0 Å². The van der Waals surface area contributed by atoms with Crippen LogP contribution in [0.15, 0.2) is 18.2 Å². The average Bonchev–Trinajstić information content (AvgIpc) is 2.59. The summed E-state index contributed by atoms with van der Waals surface area (Å²) in [7, 11) is 1.38. The minimum absolute atomic E-state index is 0.132. The maximum absolute atomic E-state index is 13.0. The molecule has 1 aromatic carbocycles. The molecule has 0 atom stereocenters. The molecule has 2 N–H and O–H groups in total. The van der Waals surface area contributed by atoms with Crippen molar-refractivity contribution in [1.29, 1.82) is 0 Å². The maximum atomic E-state index is 13.0. The SMILES string of the molecule is COc1ccc(C(F)(F)F)cc1N(CCOCCO)CCOCCO. The van der Waals surface area contributed by atoms with Crippen LogP contribution in [0.2, 0.25) is 0 Å². The van der Waals surface area contributed by atoms with E-state index in [1.165, 1.54) is 13.2 Å². The molecule has 25 heavy (non-hydrogen) atoms. The highest BCUT2D eigenvalue weighted by atomic mass is 19.4. The van der Waals surface area contributed by atoms with Gasteiger partial charge in [-0.15, -0.1) is 0 Å². The summed E-state index contributed by atoms with van der Waals surface area (Å²) in [5, 5.41) is 17.5. The third kappa shape index (κ3) is 7.47. The number of nitrogens with zero attached hydrogens (tertiary/aromatic N) is 1. The number of alkyl halides is 3. The fourth-order valence-corrected chi connectivity index (χ4v) is 2.15. The Balaban J connectivity index is 2.95. The standard InChI is InChI=1S/C16H24F3NO5/c1-23-15-3-2-13(16(17,18)19)12-14(15)20(4-8-24-10-6-21)5-9-25-11-7-22/h2-3,12,21-22H,4-11H2,1H3. The molecular weight excluding hydrogens is 343 g/mol. The number of ether oxygens (including phenoxy) is 3. The lowest BCUT2D eigenvalue weighted by Gasteiger charge is -2.27. The molecule has 0 saturated heterocycles. The van der Waals surface area contributed by atoms with Crippen LogP contribution < -0.4 is 9.64 Å². The van der Waals surface area contributed by atoms with Gasteiger partial charge in [-0.3, -0.25) is 0 Å². The van der Waals surface area contributed by atoms with E-state index < -0.39 is 11.7 Å². The number of benzene rings is 1. The zero-order valence-corrected chi connectivity index (χ0v) is 14.1. The van der Waals surface area contributed by atoms with Crippen LogP contribution in [0.4, 0.5) is 18.9 Å². The Hall–Kier alpha value is -1.55. The second-order valence-electron chi connectivity index (χ2n) is 5.04. The third-order valence-electron chi connectivity index (χ3n) is 3.33. The van der Waals surface area contributed by atoms with Crippen molar-refractivity contribution < 1.29 is 37.6 Å². The molecule has 0 heterocycles. The zero-order chi connectivity index (χ0) is 18.7. The molecule has 0 aliphatic rings. The first kappa shape index (κ1) is 21.5. The summed E-state index contributed by atoms with van der Waals surface area (Å²) in [4.78, 5) is 1.66. The first-order valence-corrected chi connectivity index (χ1v) is 7.81. The van der Waals surface area contributed by atoms with E-state index in [0.29, 0.717) is 18.8 Å². The molecule has 0 bridgehead atoms. The highest BCUT2D eigenvalue weighted by molar-refractivity contribution is 5.60. The fraction of sp³-hybridized carbons (Fsp3) is 0.625. The van der Waals surface area contributed by atoms with Crippen LogP contribution in [0.5, 0.6) is 5.75 Å². The Bertz CT molecular complexity index is 487. The van der Waals surface area contributed by atoms with Crippen molar-refractivity contribution in [2.75, 3.05) is 64.7 Å². The van der Waals surface area contributed by atoms with Crippen molar-refractivity contribution >= 4 is 5.69 Å². The summed E-state index contributed by atoms with van der Waals surface area (Å²) >= 11 is 0. The molecule has 0 unspecified atom stereocenters. The Kier molecular flexibility index (Phi) is 9.58. The van der Waals surface area contributed by atoms with Gasteiger partial charge in [-0.1, -0.05) is 0 Å². The van der Waals surface area contributed by atoms with Gasteiger partial charge in [0.05, 0.1) is 58.0 Å². The molecule has 0 aliphatic carbocycles. The molecule has 0 radical (unpaired) electrons. The van der Waals surface area contributed by atoms with E-state index in [1.807, 2.05) is 0 Å². The summed E-state index contributed by atoms with van der Waals surface area (Å²) in [5.41, 5.74) is -0.502. The number of aliphatic hydroxyl groups is 2. The lowest BCUT2D eigenvalue weighted by molar-refractivity contribution is -0.137. The lowest BCUT2D eigenvalue weighted by Crippen LogP contribution is -2.32. The Morgan fingerprint density at radius 2 is 1.52 bits per heavy atom. The molecule has 6 nitrogen and oxygen atoms in total. The number of anilines is 1. The molecule has 1 aromatic rings. The van der Waals surface area contributed by atoms with E-state index in [-0.39, 0.29) is 45.3 Å². The summed E-state index contributed by atoms with van der Waals surface area (Å²) in [6, 6.07) is 3.26. The van der Waals surface area contributed by atoms with Crippen LogP contribution >= 0.6 is 0 Å². The number of hydrogen-bond donors (Lipinski definition) is 2. The normalized spacial score (nSPS) is 11.6. The number of rotatable bonds is 12. The monoisotopic (exact) mass is 367 g/mol. The summed E-state index contributed by atoms with van der Waals surface area (Å²) < 4.78 is 54.6. The second kappa shape index (κ2) is 11.1. The molecule has 0 aliphatic heterocycles. The smallest absolute Gasteiger partial charge is 0.416 e. The number of hydrogen-bond acceptors (Lipinski definition) is 6. The number of methoxy groups -OCH3 is 1. The van der Waals surface area contributed by atoms with Gasteiger partial charge in [-0.2, -0.15) is 13.2 Å². The van der Waals surface area contributed by atoms with Crippen LogP contribution in [0.3, 0.4) is 0 Å². The van der Waals surface area contributed by atoms with Gasteiger partial charge in [-0.05, 0) is 18.2 Å². The Morgan fingerprint density at radius 3 is 1.96 bits per heavy atom. The van der Waals surface area contributed by atoms with Crippen molar-refractivity contribution in [3.8, 4) is 5.75 Å². The zero-order valence-electron chi connectivity index (χ0n) is 14.1. The predicted octanol–water partition coefficient (Wildman–Crippen LogP) is 1.54. The lowest BCUT2D eigenvalue weighted by atomic mass is 10.1. The molecule has 0 saturated carbocycles. The van der Waals surface area contributed by atoms with E-state index >= 15 is 0 Å². The molecule has 144 valence electrons. The van der Waals surface area contributed by atoms with Crippen molar-refractivity contribution in [2.45, 2.75) is 6.18 Å².